The summed E-state index contributed by atoms with van der Waals surface area (Å²) in [5, 5.41) is 10.3. The van der Waals surface area contributed by atoms with E-state index in [0.29, 0.717) is 12.5 Å². The number of hydrogen-bond acceptors (Lipinski definition) is 2. The number of rotatable bonds is 3. The summed E-state index contributed by atoms with van der Waals surface area (Å²) in [5.74, 6) is 0.644. The van der Waals surface area contributed by atoms with Crippen LogP contribution >= 0.6 is 0 Å². The molecule has 0 aromatic heterocycles. The lowest BCUT2D eigenvalue weighted by Gasteiger charge is -2.16. The molecule has 0 bridgehead atoms. The Hall–Kier alpha value is -1.06. The first kappa shape index (κ1) is 9.03. The highest BCUT2D eigenvalue weighted by Gasteiger charge is 2.19. The van der Waals surface area contributed by atoms with E-state index in [0.717, 1.165) is 13.1 Å². The minimum atomic E-state index is 0.0680. The molecule has 0 spiro atoms. The van der Waals surface area contributed by atoms with E-state index in [9.17, 15) is 4.79 Å². The second-order valence-electron chi connectivity index (χ2n) is 3.32. The van der Waals surface area contributed by atoms with Gasteiger partial charge in [-0.2, -0.15) is 0 Å². The van der Waals surface area contributed by atoms with E-state index < -0.39 is 0 Å². The Morgan fingerprint density at radius 1 is 1.75 bits per heavy atom. The largest absolute Gasteiger partial charge is 0.355 e. The number of guanidine groups is 1. The highest BCUT2D eigenvalue weighted by atomic mass is 16.1. The Kier molecular flexibility index (Phi) is 2.68. The Bertz CT molecular complexity index is 200. The van der Waals surface area contributed by atoms with Crippen LogP contribution in [-0.2, 0) is 4.79 Å². The van der Waals surface area contributed by atoms with Gasteiger partial charge in [0.15, 0.2) is 11.7 Å². The minimum absolute atomic E-state index is 0.0680. The van der Waals surface area contributed by atoms with Gasteiger partial charge in [0, 0.05) is 19.0 Å². The predicted molar refractivity (Wildman–Crippen MR) is 47.1 cm³/mol. The highest BCUT2D eigenvalue weighted by Crippen LogP contribution is 2.00. The molecule has 68 valence electrons. The number of ketones is 1. The molecule has 1 rings (SSSR count). The molecule has 1 aliphatic rings. The Labute approximate surface area is 72.4 Å². The van der Waals surface area contributed by atoms with Crippen molar-refractivity contribution in [1.29, 1.82) is 5.41 Å². The molecule has 0 amide bonds. The van der Waals surface area contributed by atoms with Crippen molar-refractivity contribution in [3.63, 3.8) is 0 Å². The molecule has 0 aromatic carbocycles. The summed E-state index contributed by atoms with van der Waals surface area (Å²) in [5.41, 5.74) is 0. The standard InChI is InChI=1S/C8H15N3O/c1-6(2)7(12)5-11-4-3-10-8(11)9/h6H,3-5H2,1-2H3,(H2,9,10). The smallest absolute Gasteiger partial charge is 0.191 e. The minimum Gasteiger partial charge on any atom is -0.355 e. The third kappa shape index (κ3) is 1.96. The third-order valence-electron chi connectivity index (χ3n) is 1.98. The van der Waals surface area contributed by atoms with Crippen LogP contribution in [0, 0.1) is 11.3 Å². The number of hydrogen-bond donors (Lipinski definition) is 2. The fraction of sp³-hybridized carbons (Fsp3) is 0.750. The maximum Gasteiger partial charge on any atom is 0.191 e. The molecule has 0 atom stereocenters. The molecule has 12 heavy (non-hydrogen) atoms. The van der Waals surface area contributed by atoms with Gasteiger partial charge in [0.2, 0.25) is 0 Å². The van der Waals surface area contributed by atoms with E-state index in [-0.39, 0.29) is 11.7 Å². The maximum absolute atomic E-state index is 11.3. The summed E-state index contributed by atoms with van der Waals surface area (Å²) < 4.78 is 0. The molecule has 1 aliphatic heterocycles. The molecule has 4 heteroatoms. The summed E-state index contributed by atoms with van der Waals surface area (Å²) in [6.45, 7) is 5.70. The van der Waals surface area contributed by atoms with E-state index in [1.165, 1.54) is 0 Å². The summed E-state index contributed by atoms with van der Waals surface area (Å²) in [6.07, 6.45) is 0. The molecule has 1 fully saturated rings. The topological polar surface area (TPSA) is 56.2 Å². The van der Waals surface area contributed by atoms with Crippen LogP contribution in [0.2, 0.25) is 0 Å². The van der Waals surface area contributed by atoms with Crippen LogP contribution in [0.4, 0.5) is 0 Å². The van der Waals surface area contributed by atoms with Gasteiger partial charge in [0.25, 0.3) is 0 Å². The summed E-state index contributed by atoms with van der Waals surface area (Å²) in [7, 11) is 0. The quantitative estimate of drug-likeness (QED) is 0.627. The van der Waals surface area contributed by atoms with Crippen molar-refractivity contribution in [2.45, 2.75) is 13.8 Å². The normalized spacial score (nSPS) is 16.9. The van der Waals surface area contributed by atoms with Gasteiger partial charge < -0.3 is 10.2 Å². The highest BCUT2D eigenvalue weighted by molar-refractivity contribution is 5.88. The van der Waals surface area contributed by atoms with Crippen LogP contribution in [0.5, 0.6) is 0 Å². The number of nitrogens with one attached hydrogen (secondary N) is 2. The van der Waals surface area contributed by atoms with Crippen molar-refractivity contribution in [2.24, 2.45) is 5.92 Å². The summed E-state index contributed by atoms with van der Waals surface area (Å²) in [4.78, 5) is 13.0. The van der Waals surface area contributed by atoms with Crippen LogP contribution in [0.25, 0.3) is 0 Å². The molecule has 0 aromatic rings. The molecule has 0 unspecified atom stereocenters. The van der Waals surface area contributed by atoms with E-state index in [4.69, 9.17) is 5.41 Å². The number of nitrogens with zero attached hydrogens (tertiary/aromatic N) is 1. The fourth-order valence-electron chi connectivity index (χ4n) is 1.06. The van der Waals surface area contributed by atoms with Gasteiger partial charge in [-0.1, -0.05) is 13.8 Å². The molecule has 0 saturated carbocycles. The van der Waals surface area contributed by atoms with Gasteiger partial charge in [-0.05, 0) is 0 Å². The van der Waals surface area contributed by atoms with Crippen molar-refractivity contribution in [2.75, 3.05) is 19.6 Å². The lowest BCUT2D eigenvalue weighted by Crippen LogP contribution is -2.35. The Morgan fingerprint density at radius 3 is 2.83 bits per heavy atom. The van der Waals surface area contributed by atoms with Gasteiger partial charge >= 0.3 is 0 Å². The van der Waals surface area contributed by atoms with Crippen LogP contribution in [-0.4, -0.2) is 36.3 Å². The third-order valence-corrected chi connectivity index (χ3v) is 1.98. The number of Topliss-reactive ketones (excluding diaryl/α,β-unsaturated/α-hetero) is 1. The summed E-state index contributed by atoms with van der Waals surface area (Å²) >= 11 is 0. The first-order chi connectivity index (χ1) is 5.61. The average molecular weight is 169 g/mol. The molecular weight excluding hydrogens is 154 g/mol. The first-order valence-electron chi connectivity index (χ1n) is 4.21. The monoisotopic (exact) mass is 169 g/mol. The zero-order valence-electron chi connectivity index (χ0n) is 7.55. The molecular formula is C8H15N3O. The zero-order valence-corrected chi connectivity index (χ0v) is 7.55. The van der Waals surface area contributed by atoms with Crippen molar-refractivity contribution in [1.82, 2.24) is 10.2 Å². The van der Waals surface area contributed by atoms with Gasteiger partial charge in [-0.15, -0.1) is 0 Å². The van der Waals surface area contributed by atoms with Crippen molar-refractivity contribution < 1.29 is 4.79 Å². The van der Waals surface area contributed by atoms with Crippen molar-refractivity contribution in [3.05, 3.63) is 0 Å². The van der Waals surface area contributed by atoms with E-state index in [1.54, 1.807) is 4.90 Å². The SMILES string of the molecule is CC(C)C(=O)CN1CCNC1=N. The van der Waals surface area contributed by atoms with Gasteiger partial charge in [-0.3, -0.25) is 10.2 Å². The van der Waals surface area contributed by atoms with Gasteiger partial charge in [0.1, 0.15) is 0 Å². The molecule has 0 aliphatic carbocycles. The number of carbonyl (C=O) groups excluding carboxylic acids is 1. The molecule has 1 heterocycles. The number of carbonyl (C=O) groups is 1. The van der Waals surface area contributed by atoms with E-state index in [2.05, 4.69) is 5.32 Å². The van der Waals surface area contributed by atoms with Crippen LogP contribution in [0.15, 0.2) is 0 Å². The second-order valence-corrected chi connectivity index (χ2v) is 3.32. The lowest BCUT2D eigenvalue weighted by molar-refractivity contribution is -0.122. The zero-order chi connectivity index (χ0) is 9.14. The van der Waals surface area contributed by atoms with Gasteiger partial charge in [0.05, 0.1) is 6.54 Å². The van der Waals surface area contributed by atoms with Crippen LogP contribution in [0.3, 0.4) is 0 Å². The van der Waals surface area contributed by atoms with Gasteiger partial charge in [-0.25, -0.2) is 0 Å². The molecule has 0 radical (unpaired) electrons. The maximum atomic E-state index is 11.3. The Morgan fingerprint density at radius 2 is 2.42 bits per heavy atom. The molecule has 2 N–H and O–H groups in total. The molecule has 1 saturated heterocycles. The van der Waals surface area contributed by atoms with E-state index >= 15 is 0 Å². The van der Waals surface area contributed by atoms with Crippen LogP contribution in [0.1, 0.15) is 13.8 Å². The predicted octanol–water partition coefficient (Wildman–Crippen LogP) is 0.0515. The first-order valence-corrected chi connectivity index (χ1v) is 4.21. The fourth-order valence-corrected chi connectivity index (χ4v) is 1.06. The van der Waals surface area contributed by atoms with Crippen LogP contribution < -0.4 is 5.32 Å². The average Bonchev–Trinajstić information content (AvgIpc) is 2.36. The molecule has 4 nitrogen and oxygen atoms in total. The summed E-state index contributed by atoms with van der Waals surface area (Å²) in [6, 6.07) is 0. The van der Waals surface area contributed by atoms with Crippen molar-refractivity contribution >= 4 is 11.7 Å². The second kappa shape index (κ2) is 3.56. The Balaban J connectivity index is 2.40. The van der Waals surface area contributed by atoms with E-state index in [1.807, 2.05) is 13.8 Å². The lowest BCUT2D eigenvalue weighted by atomic mass is 10.1. The van der Waals surface area contributed by atoms with Crippen molar-refractivity contribution in [3.8, 4) is 0 Å².